The molecule has 1 aromatic rings. The fraction of sp³-hybridized carbons (Fsp3) is 0.588. The first-order chi connectivity index (χ1) is 10.9. The number of carbonyl (C=O) groups is 1. The van der Waals surface area contributed by atoms with Crippen molar-refractivity contribution in [3.05, 3.63) is 23.8 Å². The Morgan fingerprint density at radius 1 is 1.17 bits per heavy atom. The molecular weight excluding hydrogens is 312 g/mol. The molecule has 2 aliphatic rings. The van der Waals surface area contributed by atoms with Gasteiger partial charge in [-0.2, -0.15) is 4.31 Å². The fourth-order valence-corrected chi connectivity index (χ4v) is 5.38. The Hall–Kier alpha value is -1.40. The summed E-state index contributed by atoms with van der Waals surface area (Å²) in [7, 11) is -3.45. The molecule has 1 fully saturated rings. The van der Waals surface area contributed by atoms with E-state index in [4.69, 9.17) is 0 Å². The topological polar surface area (TPSA) is 57.7 Å². The number of hydrogen-bond donors (Lipinski definition) is 0. The minimum Gasteiger partial charge on any atom is -0.312 e. The number of rotatable bonds is 2. The summed E-state index contributed by atoms with van der Waals surface area (Å²) in [6.07, 6.45) is 4.62. The largest absolute Gasteiger partial charge is 0.312 e. The van der Waals surface area contributed by atoms with E-state index in [0.29, 0.717) is 18.0 Å². The van der Waals surface area contributed by atoms with Gasteiger partial charge in [-0.05, 0) is 56.4 Å². The molecule has 6 heteroatoms. The highest BCUT2D eigenvalue weighted by atomic mass is 32.2. The van der Waals surface area contributed by atoms with Crippen LogP contribution < -0.4 is 4.90 Å². The van der Waals surface area contributed by atoms with Gasteiger partial charge in [0.1, 0.15) is 0 Å². The molecular formula is C17H24N2O3S. The van der Waals surface area contributed by atoms with Crippen LogP contribution >= 0.6 is 0 Å². The van der Waals surface area contributed by atoms with Crippen LogP contribution in [0.5, 0.6) is 0 Å². The van der Waals surface area contributed by atoms with E-state index in [1.54, 1.807) is 34.3 Å². The van der Waals surface area contributed by atoms with Crippen molar-refractivity contribution in [3.63, 3.8) is 0 Å². The lowest BCUT2D eigenvalue weighted by Gasteiger charge is -2.33. The second kappa shape index (κ2) is 6.24. The van der Waals surface area contributed by atoms with Crippen molar-refractivity contribution in [2.75, 3.05) is 18.0 Å². The third-order valence-corrected chi connectivity index (χ3v) is 6.91. The van der Waals surface area contributed by atoms with Crippen LogP contribution in [0.25, 0.3) is 0 Å². The van der Waals surface area contributed by atoms with E-state index in [9.17, 15) is 13.2 Å². The number of carbonyl (C=O) groups excluding carboxylic acids is 1. The Bertz CT molecular complexity index is 715. The second-order valence-corrected chi connectivity index (χ2v) is 8.42. The third-order valence-electron chi connectivity index (χ3n) is 4.90. The number of benzene rings is 1. The van der Waals surface area contributed by atoms with Gasteiger partial charge >= 0.3 is 0 Å². The van der Waals surface area contributed by atoms with Crippen LogP contribution in [0.15, 0.2) is 23.1 Å². The SMILES string of the molecule is CC(=O)N1CCCc2cc(S(=O)(=O)N3CCCC[C@@H]3C)ccc21. The van der Waals surface area contributed by atoms with E-state index >= 15 is 0 Å². The molecule has 0 aromatic heterocycles. The zero-order valence-electron chi connectivity index (χ0n) is 13.8. The Kier molecular flexibility index (Phi) is 4.47. The monoisotopic (exact) mass is 336 g/mol. The molecule has 2 heterocycles. The van der Waals surface area contributed by atoms with Crippen molar-refractivity contribution in [1.29, 1.82) is 0 Å². The van der Waals surface area contributed by atoms with Crippen molar-refractivity contribution in [2.45, 2.75) is 56.9 Å². The van der Waals surface area contributed by atoms with Crippen LogP contribution in [0.1, 0.15) is 45.1 Å². The Labute approximate surface area is 138 Å². The molecule has 0 unspecified atom stereocenters. The molecule has 126 valence electrons. The summed E-state index contributed by atoms with van der Waals surface area (Å²) >= 11 is 0. The molecule has 5 nitrogen and oxygen atoms in total. The molecule has 1 aromatic carbocycles. The zero-order valence-corrected chi connectivity index (χ0v) is 14.6. The number of hydrogen-bond acceptors (Lipinski definition) is 3. The molecule has 0 aliphatic carbocycles. The number of amides is 1. The molecule has 0 saturated carbocycles. The average Bonchev–Trinajstić information content (AvgIpc) is 2.53. The lowest BCUT2D eigenvalue weighted by molar-refractivity contribution is -0.116. The van der Waals surface area contributed by atoms with Gasteiger partial charge in [-0.25, -0.2) is 8.42 Å². The third kappa shape index (κ3) is 3.02. The minimum atomic E-state index is -3.45. The summed E-state index contributed by atoms with van der Waals surface area (Å²) in [6, 6.07) is 5.26. The second-order valence-electron chi connectivity index (χ2n) is 6.53. The van der Waals surface area contributed by atoms with E-state index in [-0.39, 0.29) is 11.9 Å². The van der Waals surface area contributed by atoms with Crippen LogP contribution in [-0.2, 0) is 21.2 Å². The highest BCUT2D eigenvalue weighted by Gasteiger charge is 2.32. The number of piperidine rings is 1. The fourth-order valence-electron chi connectivity index (χ4n) is 3.63. The number of aryl methyl sites for hydroxylation is 1. The maximum atomic E-state index is 12.9. The van der Waals surface area contributed by atoms with Gasteiger partial charge in [0, 0.05) is 31.7 Å². The normalized spacial score (nSPS) is 22.7. The van der Waals surface area contributed by atoms with Crippen molar-refractivity contribution in [2.24, 2.45) is 0 Å². The van der Waals surface area contributed by atoms with Crippen LogP contribution in [0.4, 0.5) is 5.69 Å². The first-order valence-corrected chi connectivity index (χ1v) is 9.78. The molecule has 0 bridgehead atoms. The Morgan fingerprint density at radius 3 is 2.65 bits per heavy atom. The summed E-state index contributed by atoms with van der Waals surface area (Å²) in [6.45, 7) is 4.83. The Morgan fingerprint density at radius 2 is 1.96 bits per heavy atom. The van der Waals surface area contributed by atoms with Gasteiger partial charge in [0.05, 0.1) is 4.90 Å². The molecule has 3 rings (SSSR count). The summed E-state index contributed by atoms with van der Waals surface area (Å²) in [5.74, 6) is 0.00575. The standard InChI is InChI=1S/C17H24N2O3S/c1-13-6-3-4-11-19(13)23(21,22)16-8-9-17-15(12-16)7-5-10-18(17)14(2)20/h8-9,12-13H,3-7,10-11H2,1-2H3/t13-/m0/s1. The zero-order chi connectivity index (χ0) is 16.6. The van der Waals surface area contributed by atoms with E-state index in [1.807, 2.05) is 6.92 Å². The molecule has 1 amide bonds. The Balaban J connectivity index is 1.96. The van der Waals surface area contributed by atoms with Crippen molar-refractivity contribution in [3.8, 4) is 0 Å². The van der Waals surface area contributed by atoms with Crippen LogP contribution in [0, 0.1) is 0 Å². The molecule has 0 N–H and O–H groups in total. The van der Waals surface area contributed by atoms with Crippen LogP contribution in [-0.4, -0.2) is 37.8 Å². The molecule has 1 atom stereocenters. The van der Waals surface area contributed by atoms with E-state index in [1.165, 1.54) is 0 Å². The van der Waals surface area contributed by atoms with Crippen molar-refractivity contribution < 1.29 is 13.2 Å². The van der Waals surface area contributed by atoms with E-state index in [0.717, 1.165) is 43.4 Å². The van der Waals surface area contributed by atoms with Crippen molar-refractivity contribution in [1.82, 2.24) is 4.31 Å². The van der Waals surface area contributed by atoms with Crippen LogP contribution in [0.2, 0.25) is 0 Å². The summed E-state index contributed by atoms with van der Waals surface area (Å²) < 4.78 is 27.5. The van der Waals surface area contributed by atoms with Gasteiger partial charge in [0.25, 0.3) is 0 Å². The summed E-state index contributed by atoms with van der Waals surface area (Å²) in [5, 5.41) is 0. The number of anilines is 1. The maximum Gasteiger partial charge on any atom is 0.243 e. The van der Waals surface area contributed by atoms with Gasteiger partial charge in [-0.15, -0.1) is 0 Å². The van der Waals surface area contributed by atoms with Gasteiger partial charge in [-0.3, -0.25) is 4.79 Å². The van der Waals surface area contributed by atoms with Gasteiger partial charge in [0.15, 0.2) is 0 Å². The number of nitrogens with zero attached hydrogens (tertiary/aromatic N) is 2. The number of sulfonamides is 1. The molecule has 2 aliphatic heterocycles. The average molecular weight is 336 g/mol. The molecule has 1 saturated heterocycles. The first-order valence-electron chi connectivity index (χ1n) is 8.34. The predicted molar refractivity (Wildman–Crippen MR) is 90.0 cm³/mol. The predicted octanol–water partition coefficient (Wildman–Crippen LogP) is 2.55. The van der Waals surface area contributed by atoms with E-state index in [2.05, 4.69) is 0 Å². The molecule has 0 spiro atoms. The lowest BCUT2D eigenvalue weighted by atomic mass is 10.0. The van der Waals surface area contributed by atoms with E-state index < -0.39 is 10.0 Å². The molecule has 23 heavy (non-hydrogen) atoms. The quantitative estimate of drug-likeness (QED) is 0.834. The lowest BCUT2D eigenvalue weighted by Crippen LogP contribution is -2.42. The molecule has 0 radical (unpaired) electrons. The summed E-state index contributed by atoms with van der Waals surface area (Å²) in [5.41, 5.74) is 1.81. The van der Waals surface area contributed by atoms with Gasteiger partial charge < -0.3 is 4.90 Å². The first kappa shape index (κ1) is 16.5. The number of fused-ring (bicyclic) bond motifs is 1. The van der Waals surface area contributed by atoms with Gasteiger partial charge in [0.2, 0.25) is 15.9 Å². The van der Waals surface area contributed by atoms with Gasteiger partial charge in [-0.1, -0.05) is 6.42 Å². The summed E-state index contributed by atoms with van der Waals surface area (Å²) in [4.78, 5) is 13.8. The van der Waals surface area contributed by atoms with Crippen LogP contribution in [0.3, 0.4) is 0 Å². The maximum absolute atomic E-state index is 12.9. The minimum absolute atomic E-state index is 0.00575. The highest BCUT2D eigenvalue weighted by molar-refractivity contribution is 7.89. The van der Waals surface area contributed by atoms with Crippen molar-refractivity contribution >= 4 is 21.6 Å². The smallest absolute Gasteiger partial charge is 0.243 e. The highest BCUT2D eigenvalue weighted by Crippen LogP contribution is 2.32.